The minimum absolute atomic E-state index is 0.197. The highest BCUT2D eigenvalue weighted by Gasteiger charge is 2.12. The summed E-state index contributed by atoms with van der Waals surface area (Å²) in [6.07, 6.45) is 2.74. The number of ether oxygens (including phenoxy) is 3. The number of benzene rings is 2. The fourth-order valence-corrected chi connectivity index (χ4v) is 3.22. The first-order valence-electron chi connectivity index (χ1n) is 9.90. The van der Waals surface area contributed by atoms with Crippen LogP contribution in [0, 0.1) is 0 Å². The van der Waals surface area contributed by atoms with Crippen molar-refractivity contribution < 1.29 is 23.8 Å². The van der Waals surface area contributed by atoms with E-state index in [0.717, 1.165) is 5.56 Å². The predicted octanol–water partition coefficient (Wildman–Crippen LogP) is 4.91. The molecule has 6 nitrogen and oxygen atoms in total. The van der Waals surface area contributed by atoms with Gasteiger partial charge in [0.25, 0.3) is 5.91 Å². The van der Waals surface area contributed by atoms with Crippen molar-refractivity contribution >= 4 is 29.6 Å². The largest absolute Gasteiger partial charge is 0.493 e. The van der Waals surface area contributed by atoms with E-state index in [1.165, 1.54) is 31.9 Å². The summed E-state index contributed by atoms with van der Waals surface area (Å²) in [4.78, 5) is 24.1. The predicted molar refractivity (Wildman–Crippen MR) is 122 cm³/mol. The van der Waals surface area contributed by atoms with Crippen LogP contribution in [0.5, 0.6) is 11.5 Å². The SMILES string of the molecule is COc1cc(/C=C/C(=O)OCC(=O)N[C@H](C)c2ccc(C(C)C)cc2)cc(Cl)c1OC. The quantitative estimate of drug-likeness (QED) is 0.438. The van der Waals surface area contributed by atoms with E-state index in [9.17, 15) is 9.59 Å². The number of carbonyl (C=O) groups excluding carboxylic acids is 2. The standard InChI is InChI=1S/C24H28ClNO5/c1-15(2)18-7-9-19(10-8-18)16(3)26-22(27)14-31-23(28)11-6-17-12-20(25)24(30-5)21(13-17)29-4/h6-13,15-16H,14H2,1-5H3,(H,26,27)/b11-6+/t16-/m1/s1. The normalized spacial score (nSPS) is 12.0. The maximum Gasteiger partial charge on any atom is 0.331 e. The lowest BCUT2D eigenvalue weighted by molar-refractivity contribution is -0.144. The molecule has 0 radical (unpaired) electrons. The van der Waals surface area contributed by atoms with Crippen LogP contribution in [0.4, 0.5) is 0 Å². The summed E-state index contributed by atoms with van der Waals surface area (Å²) in [7, 11) is 2.98. The van der Waals surface area contributed by atoms with Crippen molar-refractivity contribution in [2.45, 2.75) is 32.7 Å². The first-order chi connectivity index (χ1) is 14.7. The van der Waals surface area contributed by atoms with Crippen LogP contribution in [-0.4, -0.2) is 32.7 Å². The van der Waals surface area contributed by atoms with Gasteiger partial charge in [0.1, 0.15) is 0 Å². The van der Waals surface area contributed by atoms with E-state index in [1.807, 2.05) is 31.2 Å². The molecule has 0 aliphatic carbocycles. The highest BCUT2D eigenvalue weighted by Crippen LogP contribution is 2.36. The van der Waals surface area contributed by atoms with Gasteiger partial charge in [-0.3, -0.25) is 4.79 Å². The van der Waals surface area contributed by atoms with Gasteiger partial charge >= 0.3 is 5.97 Å². The molecule has 1 amide bonds. The molecular formula is C24H28ClNO5. The van der Waals surface area contributed by atoms with Crippen molar-refractivity contribution in [3.63, 3.8) is 0 Å². The minimum Gasteiger partial charge on any atom is -0.493 e. The Morgan fingerprint density at radius 3 is 2.26 bits per heavy atom. The fourth-order valence-electron chi connectivity index (χ4n) is 2.92. The molecule has 2 rings (SSSR count). The number of hydrogen-bond donors (Lipinski definition) is 1. The van der Waals surface area contributed by atoms with Gasteiger partial charge in [0, 0.05) is 6.08 Å². The van der Waals surface area contributed by atoms with Crippen molar-refractivity contribution in [2.24, 2.45) is 0 Å². The van der Waals surface area contributed by atoms with Crippen LogP contribution >= 0.6 is 11.6 Å². The lowest BCUT2D eigenvalue weighted by Gasteiger charge is -2.15. The summed E-state index contributed by atoms with van der Waals surface area (Å²) in [5, 5.41) is 3.17. The van der Waals surface area contributed by atoms with Crippen LogP contribution in [0.25, 0.3) is 6.08 Å². The Bertz CT molecular complexity index is 938. The van der Waals surface area contributed by atoms with Gasteiger partial charge in [0.15, 0.2) is 18.1 Å². The average molecular weight is 446 g/mol. The Hall–Kier alpha value is -2.99. The summed E-state index contributed by atoms with van der Waals surface area (Å²) >= 11 is 6.15. The molecule has 1 N–H and O–H groups in total. The van der Waals surface area contributed by atoms with Crippen molar-refractivity contribution in [1.82, 2.24) is 5.32 Å². The molecule has 0 saturated heterocycles. The van der Waals surface area contributed by atoms with Crippen LogP contribution in [-0.2, 0) is 14.3 Å². The van der Waals surface area contributed by atoms with Crippen molar-refractivity contribution in [3.8, 4) is 11.5 Å². The molecule has 0 heterocycles. The van der Waals surface area contributed by atoms with E-state index in [1.54, 1.807) is 12.1 Å². The van der Waals surface area contributed by atoms with Crippen molar-refractivity contribution in [1.29, 1.82) is 0 Å². The molecule has 0 aromatic heterocycles. The van der Waals surface area contributed by atoms with Gasteiger partial charge in [0.2, 0.25) is 0 Å². The number of methoxy groups -OCH3 is 2. The minimum atomic E-state index is -0.644. The molecule has 0 aliphatic heterocycles. The van der Waals surface area contributed by atoms with Gasteiger partial charge in [-0.05, 0) is 47.7 Å². The van der Waals surface area contributed by atoms with Gasteiger partial charge < -0.3 is 19.5 Å². The topological polar surface area (TPSA) is 73.9 Å². The molecule has 2 aromatic carbocycles. The lowest BCUT2D eigenvalue weighted by atomic mass is 9.99. The van der Waals surface area contributed by atoms with Gasteiger partial charge in [-0.2, -0.15) is 0 Å². The molecule has 2 aromatic rings. The van der Waals surface area contributed by atoms with Gasteiger partial charge in [0.05, 0.1) is 25.3 Å². The molecule has 0 bridgehead atoms. The van der Waals surface area contributed by atoms with Crippen molar-refractivity contribution in [2.75, 3.05) is 20.8 Å². The van der Waals surface area contributed by atoms with Crippen LogP contribution in [0.2, 0.25) is 5.02 Å². The smallest absolute Gasteiger partial charge is 0.331 e. The highest BCUT2D eigenvalue weighted by molar-refractivity contribution is 6.32. The second-order valence-corrected chi connectivity index (χ2v) is 7.70. The Morgan fingerprint density at radius 1 is 1.03 bits per heavy atom. The molecule has 166 valence electrons. The molecule has 0 saturated carbocycles. The monoisotopic (exact) mass is 445 g/mol. The second kappa shape index (κ2) is 11.4. The third-order valence-corrected chi connectivity index (χ3v) is 4.97. The van der Waals surface area contributed by atoms with Gasteiger partial charge in [-0.25, -0.2) is 4.79 Å². The molecule has 7 heteroatoms. The summed E-state index contributed by atoms with van der Waals surface area (Å²) in [6, 6.07) is 11.2. The molecule has 0 unspecified atom stereocenters. The van der Waals surface area contributed by atoms with E-state index >= 15 is 0 Å². The van der Waals surface area contributed by atoms with Gasteiger partial charge in [-0.15, -0.1) is 0 Å². The molecule has 0 spiro atoms. The zero-order chi connectivity index (χ0) is 23.0. The number of rotatable bonds is 9. The van der Waals surface area contributed by atoms with Crippen LogP contribution in [0.15, 0.2) is 42.5 Å². The first kappa shape index (κ1) is 24.3. The van der Waals surface area contributed by atoms with Crippen LogP contribution in [0.3, 0.4) is 0 Å². The third kappa shape index (κ3) is 7.03. The Balaban J connectivity index is 1.88. The lowest BCUT2D eigenvalue weighted by Crippen LogP contribution is -2.30. The first-order valence-corrected chi connectivity index (χ1v) is 10.3. The molecule has 0 fully saturated rings. The summed E-state index contributed by atoms with van der Waals surface area (Å²) in [6.45, 7) is 5.76. The van der Waals surface area contributed by atoms with Crippen LogP contribution < -0.4 is 14.8 Å². The number of esters is 1. The highest BCUT2D eigenvalue weighted by atomic mass is 35.5. The number of hydrogen-bond acceptors (Lipinski definition) is 5. The number of halogens is 1. The zero-order valence-corrected chi connectivity index (χ0v) is 19.2. The Morgan fingerprint density at radius 2 is 1.68 bits per heavy atom. The Labute approximate surface area is 188 Å². The Kier molecular flexibility index (Phi) is 8.94. The second-order valence-electron chi connectivity index (χ2n) is 7.29. The maximum absolute atomic E-state index is 12.1. The van der Waals surface area contributed by atoms with E-state index < -0.39 is 5.97 Å². The number of carbonyl (C=O) groups is 2. The molecule has 1 atom stereocenters. The molecule has 0 aliphatic rings. The molecule has 31 heavy (non-hydrogen) atoms. The fraction of sp³-hybridized carbons (Fsp3) is 0.333. The van der Waals surface area contributed by atoms with Gasteiger partial charge in [-0.1, -0.05) is 49.7 Å². The van der Waals surface area contributed by atoms with Crippen molar-refractivity contribution in [3.05, 3.63) is 64.2 Å². The number of nitrogens with one attached hydrogen (secondary N) is 1. The van der Waals surface area contributed by atoms with E-state index in [2.05, 4.69) is 19.2 Å². The van der Waals surface area contributed by atoms with E-state index in [-0.39, 0.29) is 18.6 Å². The molecular weight excluding hydrogens is 418 g/mol. The summed E-state index contributed by atoms with van der Waals surface area (Å²) < 4.78 is 15.4. The van der Waals surface area contributed by atoms with E-state index in [0.29, 0.717) is 28.0 Å². The third-order valence-electron chi connectivity index (χ3n) is 4.69. The average Bonchev–Trinajstić information content (AvgIpc) is 2.75. The van der Waals surface area contributed by atoms with Crippen LogP contribution in [0.1, 0.15) is 49.4 Å². The zero-order valence-electron chi connectivity index (χ0n) is 18.4. The summed E-state index contributed by atoms with van der Waals surface area (Å²) in [5.74, 6) is 0.277. The summed E-state index contributed by atoms with van der Waals surface area (Å²) in [5.41, 5.74) is 2.84. The number of amides is 1. The maximum atomic E-state index is 12.1. The van der Waals surface area contributed by atoms with E-state index in [4.69, 9.17) is 25.8 Å².